The van der Waals surface area contributed by atoms with E-state index >= 15 is 0 Å². The van der Waals surface area contributed by atoms with Crippen LogP contribution in [0.1, 0.15) is 15.9 Å². The number of anilines is 1. The van der Waals surface area contributed by atoms with Crippen molar-refractivity contribution in [2.75, 3.05) is 38.7 Å². The number of fused-ring (bicyclic) bond motifs is 1. The molecular formula is C22H22N2O5. The van der Waals surface area contributed by atoms with Gasteiger partial charge in [0.1, 0.15) is 5.56 Å². The van der Waals surface area contributed by atoms with Crippen molar-refractivity contribution in [2.24, 2.45) is 0 Å². The highest BCUT2D eigenvalue weighted by molar-refractivity contribution is 6.05. The fraction of sp³-hybridized carbons (Fsp3) is 0.273. The molecule has 1 aromatic heterocycles. The predicted molar refractivity (Wildman–Crippen MR) is 110 cm³/mol. The smallest absolute Gasteiger partial charge is 0.349 e. The van der Waals surface area contributed by atoms with Crippen LogP contribution in [0.2, 0.25) is 0 Å². The number of nitrogens with one attached hydrogen (secondary N) is 1. The van der Waals surface area contributed by atoms with Gasteiger partial charge >= 0.3 is 5.63 Å². The molecule has 1 saturated heterocycles. The predicted octanol–water partition coefficient (Wildman–Crippen LogP) is 2.89. The molecule has 0 bridgehead atoms. The van der Waals surface area contributed by atoms with Crippen LogP contribution in [0.3, 0.4) is 0 Å². The molecule has 1 N–H and O–H groups in total. The number of methoxy groups -OCH3 is 1. The van der Waals surface area contributed by atoms with E-state index in [1.165, 1.54) is 13.2 Å². The third kappa shape index (κ3) is 4.31. The molecule has 3 aromatic rings. The fourth-order valence-corrected chi connectivity index (χ4v) is 3.35. The van der Waals surface area contributed by atoms with E-state index in [0.29, 0.717) is 22.4 Å². The molecule has 0 radical (unpaired) electrons. The lowest BCUT2D eigenvalue weighted by Crippen LogP contribution is -2.35. The van der Waals surface area contributed by atoms with E-state index < -0.39 is 11.5 Å². The molecule has 2 heterocycles. The first-order valence-corrected chi connectivity index (χ1v) is 9.45. The topological polar surface area (TPSA) is 81.0 Å². The van der Waals surface area contributed by atoms with Crippen LogP contribution in [0, 0.1) is 0 Å². The van der Waals surface area contributed by atoms with E-state index in [1.807, 2.05) is 24.3 Å². The van der Waals surface area contributed by atoms with Gasteiger partial charge in [0.2, 0.25) is 0 Å². The van der Waals surface area contributed by atoms with Crippen LogP contribution in [0.4, 0.5) is 5.69 Å². The molecule has 0 unspecified atom stereocenters. The summed E-state index contributed by atoms with van der Waals surface area (Å²) in [5.74, 6) is -0.0631. The van der Waals surface area contributed by atoms with Crippen molar-refractivity contribution in [3.05, 3.63) is 70.1 Å². The summed E-state index contributed by atoms with van der Waals surface area (Å²) in [7, 11) is 1.50. The summed E-state index contributed by atoms with van der Waals surface area (Å²) in [5, 5.41) is 3.38. The maximum Gasteiger partial charge on any atom is 0.349 e. The Hall–Kier alpha value is -3.16. The Morgan fingerprint density at radius 3 is 2.62 bits per heavy atom. The number of nitrogens with zero attached hydrogens (tertiary/aromatic N) is 1. The van der Waals surface area contributed by atoms with Crippen LogP contribution in [0.25, 0.3) is 11.0 Å². The first-order valence-electron chi connectivity index (χ1n) is 9.45. The average Bonchev–Trinajstić information content (AvgIpc) is 2.75. The van der Waals surface area contributed by atoms with E-state index in [4.69, 9.17) is 13.9 Å². The normalized spacial score (nSPS) is 14.7. The standard InChI is InChI=1S/C22H22N2O5/c1-27-19-4-2-3-16-13-18(22(26)29-20(16)19)21(25)23-17-7-5-15(6-8-17)14-24-9-11-28-12-10-24/h2-8,13H,9-12,14H2,1H3,(H,23,25). The van der Waals surface area contributed by atoms with Gasteiger partial charge < -0.3 is 19.2 Å². The first kappa shape index (κ1) is 19.2. The molecule has 0 saturated carbocycles. The van der Waals surface area contributed by atoms with Crippen molar-refractivity contribution in [2.45, 2.75) is 6.54 Å². The molecule has 7 heteroatoms. The van der Waals surface area contributed by atoms with Gasteiger partial charge in [-0.05, 0) is 29.8 Å². The van der Waals surface area contributed by atoms with Gasteiger partial charge in [0.25, 0.3) is 5.91 Å². The summed E-state index contributed by atoms with van der Waals surface area (Å²) in [4.78, 5) is 27.2. The van der Waals surface area contributed by atoms with E-state index in [1.54, 1.807) is 18.2 Å². The van der Waals surface area contributed by atoms with Crippen molar-refractivity contribution in [1.82, 2.24) is 4.90 Å². The summed E-state index contributed by atoms with van der Waals surface area (Å²) in [6, 6.07) is 14.4. The molecule has 1 fully saturated rings. The van der Waals surface area contributed by atoms with Gasteiger partial charge in [-0.3, -0.25) is 9.69 Å². The van der Waals surface area contributed by atoms with Gasteiger partial charge in [-0.25, -0.2) is 4.79 Å². The summed E-state index contributed by atoms with van der Waals surface area (Å²) >= 11 is 0. The highest BCUT2D eigenvalue weighted by atomic mass is 16.5. The van der Waals surface area contributed by atoms with Crippen molar-refractivity contribution in [1.29, 1.82) is 0 Å². The third-order valence-electron chi connectivity index (χ3n) is 4.91. The quantitative estimate of drug-likeness (QED) is 0.670. The largest absolute Gasteiger partial charge is 0.493 e. The van der Waals surface area contributed by atoms with Gasteiger partial charge in [-0.1, -0.05) is 24.3 Å². The molecule has 1 amide bonds. The fourth-order valence-electron chi connectivity index (χ4n) is 3.35. The van der Waals surface area contributed by atoms with Crippen LogP contribution in [0.15, 0.2) is 57.7 Å². The number of para-hydroxylation sites is 1. The van der Waals surface area contributed by atoms with Crippen LogP contribution >= 0.6 is 0 Å². The Morgan fingerprint density at radius 1 is 1.14 bits per heavy atom. The summed E-state index contributed by atoms with van der Waals surface area (Å²) < 4.78 is 15.9. The molecule has 7 nitrogen and oxygen atoms in total. The number of amides is 1. The van der Waals surface area contributed by atoms with E-state index in [0.717, 1.165) is 38.4 Å². The minimum absolute atomic E-state index is 0.0526. The molecular weight excluding hydrogens is 372 g/mol. The minimum Gasteiger partial charge on any atom is -0.493 e. The van der Waals surface area contributed by atoms with Crippen LogP contribution in [0.5, 0.6) is 5.75 Å². The Bertz CT molecular complexity index is 1070. The second-order valence-electron chi connectivity index (χ2n) is 6.87. The maximum atomic E-state index is 12.6. The lowest BCUT2D eigenvalue weighted by atomic mass is 10.1. The van der Waals surface area contributed by atoms with Gasteiger partial charge in [-0.15, -0.1) is 0 Å². The molecule has 1 aliphatic rings. The molecule has 0 aliphatic carbocycles. The van der Waals surface area contributed by atoms with Crippen molar-refractivity contribution in [3.63, 3.8) is 0 Å². The average molecular weight is 394 g/mol. The Balaban J connectivity index is 1.49. The number of hydrogen-bond acceptors (Lipinski definition) is 6. The molecule has 150 valence electrons. The Kier molecular flexibility index (Phi) is 5.59. The molecule has 29 heavy (non-hydrogen) atoms. The van der Waals surface area contributed by atoms with Gasteiger partial charge in [0.05, 0.1) is 20.3 Å². The van der Waals surface area contributed by atoms with Crippen molar-refractivity contribution in [3.8, 4) is 5.75 Å². The first-order chi connectivity index (χ1) is 14.1. The van der Waals surface area contributed by atoms with Crippen molar-refractivity contribution < 1.29 is 18.7 Å². The summed E-state index contributed by atoms with van der Waals surface area (Å²) in [6.07, 6.45) is 0. The molecule has 0 atom stereocenters. The number of rotatable bonds is 5. The Labute approximate surface area is 167 Å². The van der Waals surface area contributed by atoms with Crippen LogP contribution in [-0.2, 0) is 11.3 Å². The SMILES string of the molecule is COc1cccc2cc(C(=O)Nc3ccc(CN4CCOCC4)cc3)c(=O)oc12. The van der Waals surface area contributed by atoms with Gasteiger partial charge in [0.15, 0.2) is 11.3 Å². The minimum atomic E-state index is -0.705. The molecule has 1 aliphatic heterocycles. The zero-order valence-corrected chi connectivity index (χ0v) is 16.1. The molecule has 0 spiro atoms. The van der Waals surface area contributed by atoms with E-state index in [2.05, 4.69) is 10.2 Å². The lowest BCUT2D eigenvalue weighted by Gasteiger charge is -2.26. The zero-order chi connectivity index (χ0) is 20.2. The number of morpholine rings is 1. The summed E-state index contributed by atoms with van der Waals surface area (Å²) in [6.45, 7) is 4.19. The van der Waals surface area contributed by atoms with Crippen molar-refractivity contribution >= 4 is 22.6 Å². The second-order valence-corrected chi connectivity index (χ2v) is 6.87. The highest BCUT2D eigenvalue weighted by Gasteiger charge is 2.16. The summed E-state index contributed by atoms with van der Waals surface area (Å²) in [5.41, 5.74) is 1.34. The molecule has 2 aromatic carbocycles. The van der Waals surface area contributed by atoms with Gasteiger partial charge in [-0.2, -0.15) is 0 Å². The van der Waals surface area contributed by atoms with E-state index in [-0.39, 0.29) is 5.56 Å². The van der Waals surface area contributed by atoms with Crippen LogP contribution < -0.4 is 15.7 Å². The number of ether oxygens (including phenoxy) is 2. The third-order valence-corrected chi connectivity index (χ3v) is 4.91. The number of carbonyl (C=O) groups excluding carboxylic acids is 1. The van der Waals surface area contributed by atoms with Crippen LogP contribution in [-0.4, -0.2) is 44.2 Å². The lowest BCUT2D eigenvalue weighted by molar-refractivity contribution is 0.0342. The monoisotopic (exact) mass is 394 g/mol. The number of hydrogen-bond donors (Lipinski definition) is 1. The maximum absolute atomic E-state index is 12.6. The highest BCUT2D eigenvalue weighted by Crippen LogP contribution is 2.24. The second kappa shape index (κ2) is 8.46. The number of benzene rings is 2. The molecule has 4 rings (SSSR count). The Morgan fingerprint density at radius 2 is 1.90 bits per heavy atom. The zero-order valence-electron chi connectivity index (χ0n) is 16.1. The van der Waals surface area contributed by atoms with Gasteiger partial charge in [0, 0.05) is 30.7 Å². The number of carbonyl (C=O) groups is 1. The van der Waals surface area contributed by atoms with E-state index in [9.17, 15) is 9.59 Å².